The van der Waals surface area contributed by atoms with E-state index in [9.17, 15) is 4.79 Å². The number of benzene rings is 2. The molecule has 0 aliphatic carbocycles. The molecule has 1 aliphatic rings. The molecule has 2 heterocycles. The van der Waals surface area contributed by atoms with Crippen molar-refractivity contribution in [1.82, 2.24) is 10.4 Å². The number of carbonyl (C=O) groups excluding carboxylic acids is 1. The smallest absolute Gasteiger partial charge is 0.253 e. The molecule has 1 aliphatic heterocycles. The lowest BCUT2D eigenvalue weighted by molar-refractivity contribution is -0.120. The highest BCUT2D eigenvalue weighted by molar-refractivity contribution is 9.10. The monoisotopic (exact) mass is 463 g/mol. The fourth-order valence-corrected chi connectivity index (χ4v) is 5.02. The number of hydrazone groups is 1. The number of fused-ring (bicyclic) bond motifs is 2. The molecule has 138 valence electrons. The van der Waals surface area contributed by atoms with Crippen LogP contribution < -0.4 is 14.9 Å². The molecule has 1 amide bonds. The summed E-state index contributed by atoms with van der Waals surface area (Å²) in [7, 11) is 0. The summed E-state index contributed by atoms with van der Waals surface area (Å²) in [5.41, 5.74) is 4.30. The van der Waals surface area contributed by atoms with Gasteiger partial charge in [-0.2, -0.15) is 5.10 Å². The Balaban J connectivity index is 1.38. The zero-order chi connectivity index (χ0) is 18.8. The Morgan fingerprint density at radius 3 is 2.96 bits per heavy atom. The first-order chi connectivity index (χ1) is 13.1. The van der Waals surface area contributed by atoms with Crippen molar-refractivity contribution < 1.29 is 14.3 Å². The number of thioether (sulfide) groups is 1. The number of halogens is 1. The zero-order valence-corrected chi connectivity index (χ0v) is 17.4. The van der Waals surface area contributed by atoms with Gasteiger partial charge in [0.25, 0.3) is 5.91 Å². The summed E-state index contributed by atoms with van der Waals surface area (Å²) in [5.74, 6) is 1.15. The molecule has 0 bridgehead atoms. The van der Waals surface area contributed by atoms with Crippen LogP contribution in [0, 0.1) is 0 Å². The second-order valence-corrected chi connectivity index (χ2v) is 9.14. The molecule has 6 nitrogen and oxygen atoms in total. The van der Waals surface area contributed by atoms with Crippen molar-refractivity contribution in [1.29, 1.82) is 0 Å². The number of hydrogen-bond donors (Lipinski definition) is 1. The largest absolute Gasteiger partial charge is 0.454 e. The second-order valence-electron chi connectivity index (χ2n) is 5.67. The standard InChI is InChI=1S/C18H14BrN3O3S2/c1-10(26-18-21-13-4-2-3-5-16(13)27-18)17(23)22-20-8-11-6-14-15(7-12(11)19)25-9-24-14/h2-8,10H,9H2,1H3,(H,22,23). The van der Waals surface area contributed by atoms with Crippen molar-refractivity contribution in [3.05, 3.63) is 46.4 Å². The van der Waals surface area contributed by atoms with Crippen LogP contribution >= 0.6 is 39.0 Å². The predicted octanol–water partition coefficient (Wildman–Crippen LogP) is 4.42. The minimum atomic E-state index is -0.317. The summed E-state index contributed by atoms with van der Waals surface area (Å²) in [6.45, 7) is 2.04. The maximum absolute atomic E-state index is 12.3. The van der Waals surface area contributed by atoms with E-state index in [0.29, 0.717) is 11.5 Å². The number of nitrogens with zero attached hydrogens (tertiary/aromatic N) is 2. The Bertz CT molecular complexity index is 1000. The van der Waals surface area contributed by atoms with Gasteiger partial charge in [-0.1, -0.05) is 23.9 Å². The highest BCUT2D eigenvalue weighted by Gasteiger charge is 2.17. The van der Waals surface area contributed by atoms with Crippen molar-refractivity contribution in [2.24, 2.45) is 5.10 Å². The van der Waals surface area contributed by atoms with Gasteiger partial charge in [-0.3, -0.25) is 4.79 Å². The molecule has 1 atom stereocenters. The van der Waals surface area contributed by atoms with Gasteiger partial charge in [0.1, 0.15) is 0 Å². The van der Waals surface area contributed by atoms with E-state index in [1.54, 1.807) is 23.6 Å². The van der Waals surface area contributed by atoms with Crippen LogP contribution in [0.25, 0.3) is 10.2 Å². The molecule has 27 heavy (non-hydrogen) atoms. The molecule has 2 aromatic carbocycles. The first-order valence-electron chi connectivity index (χ1n) is 8.04. The molecular weight excluding hydrogens is 450 g/mol. The van der Waals surface area contributed by atoms with E-state index in [-0.39, 0.29) is 18.0 Å². The van der Waals surface area contributed by atoms with Crippen molar-refractivity contribution >= 4 is 61.4 Å². The molecule has 1 N–H and O–H groups in total. The number of thiazole rings is 1. The fourth-order valence-electron chi connectivity index (χ4n) is 2.39. The van der Waals surface area contributed by atoms with E-state index in [1.165, 1.54) is 11.8 Å². The van der Waals surface area contributed by atoms with Crippen molar-refractivity contribution in [2.75, 3.05) is 6.79 Å². The summed E-state index contributed by atoms with van der Waals surface area (Å²) in [4.78, 5) is 16.8. The second kappa shape index (κ2) is 7.87. The molecule has 1 aromatic heterocycles. The lowest BCUT2D eigenvalue weighted by atomic mass is 10.2. The van der Waals surface area contributed by atoms with Crippen LogP contribution in [0.3, 0.4) is 0 Å². The number of nitrogens with one attached hydrogen (secondary N) is 1. The quantitative estimate of drug-likeness (QED) is 0.344. The normalized spacial score (nSPS) is 14.0. The minimum absolute atomic E-state index is 0.188. The Morgan fingerprint density at radius 1 is 1.37 bits per heavy atom. The number of aromatic nitrogens is 1. The Kier molecular flexibility index (Phi) is 5.33. The van der Waals surface area contributed by atoms with E-state index < -0.39 is 0 Å². The van der Waals surface area contributed by atoms with Gasteiger partial charge in [-0.15, -0.1) is 11.3 Å². The molecule has 3 aromatic rings. The van der Waals surface area contributed by atoms with E-state index >= 15 is 0 Å². The van der Waals surface area contributed by atoms with Gasteiger partial charge in [0.05, 0.1) is 21.7 Å². The number of hydrogen-bond acceptors (Lipinski definition) is 7. The Hall–Kier alpha value is -2.10. The van der Waals surface area contributed by atoms with E-state index in [0.717, 1.165) is 24.6 Å². The lowest BCUT2D eigenvalue weighted by Gasteiger charge is -2.07. The van der Waals surface area contributed by atoms with Crippen LogP contribution in [0.2, 0.25) is 0 Å². The summed E-state index contributed by atoms with van der Waals surface area (Å²) in [5, 5.41) is 3.74. The number of para-hydroxylation sites is 1. The van der Waals surface area contributed by atoms with Gasteiger partial charge >= 0.3 is 0 Å². The van der Waals surface area contributed by atoms with Gasteiger partial charge in [-0.25, -0.2) is 10.4 Å². The number of amides is 1. The van der Waals surface area contributed by atoms with E-state index in [2.05, 4.69) is 31.4 Å². The first-order valence-corrected chi connectivity index (χ1v) is 10.5. The highest BCUT2D eigenvalue weighted by atomic mass is 79.9. The molecule has 0 spiro atoms. The molecule has 0 saturated carbocycles. The third kappa shape index (κ3) is 4.10. The molecule has 1 unspecified atom stereocenters. The van der Waals surface area contributed by atoms with Crippen LogP contribution in [-0.4, -0.2) is 29.1 Å². The Morgan fingerprint density at radius 2 is 2.15 bits per heavy atom. The molecular formula is C18H14BrN3O3S2. The lowest BCUT2D eigenvalue weighted by Crippen LogP contribution is -2.26. The minimum Gasteiger partial charge on any atom is -0.454 e. The Labute approximate surface area is 172 Å². The zero-order valence-electron chi connectivity index (χ0n) is 14.1. The van der Waals surface area contributed by atoms with Crippen molar-refractivity contribution in [3.63, 3.8) is 0 Å². The molecule has 0 saturated heterocycles. The van der Waals surface area contributed by atoms with Crippen LogP contribution in [0.1, 0.15) is 12.5 Å². The van der Waals surface area contributed by atoms with Gasteiger partial charge < -0.3 is 9.47 Å². The maximum Gasteiger partial charge on any atom is 0.253 e. The van der Waals surface area contributed by atoms with Gasteiger partial charge in [0, 0.05) is 10.0 Å². The van der Waals surface area contributed by atoms with Gasteiger partial charge in [0.2, 0.25) is 6.79 Å². The van der Waals surface area contributed by atoms with Crippen molar-refractivity contribution in [3.8, 4) is 11.5 Å². The van der Waals surface area contributed by atoms with Crippen LogP contribution in [0.4, 0.5) is 0 Å². The number of carbonyl (C=O) groups is 1. The van der Waals surface area contributed by atoms with Crippen LogP contribution in [-0.2, 0) is 4.79 Å². The summed E-state index contributed by atoms with van der Waals surface area (Å²) in [6.07, 6.45) is 1.57. The number of ether oxygens (including phenoxy) is 2. The molecule has 0 fully saturated rings. The van der Waals surface area contributed by atoms with Crippen LogP contribution in [0.5, 0.6) is 11.5 Å². The molecule has 4 rings (SSSR count). The maximum atomic E-state index is 12.3. The summed E-state index contributed by atoms with van der Waals surface area (Å²) < 4.78 is 13.4. The van der Waals surface area contributed by atoms with Crippen LogP contribution in [0.15, 0.2) is 50.3 Å². The average Bonchev–Trinajstić information content (AvgIpc) is 3.27. The molecule has 0 radical (unpaired) electrons. The van der Waals surface area contributed by atoms with Gasteiger partial charge in [0.15, 0.2) is 15.8 Å². The topological polar surface area (TPSA) is 72.8 Å². The number of rotatable bonds is 5. The average molecular weight is 464 g/mol. The first kappa shape index (κ1) is 18.3. The van der Waals surface area contributed by atoms with Gasteiger partial charge in [-0.05, 0) is 47.1 Å². The summed E-state index contributed by atoms with van der Waals surface area (Å²) in [6, 6.07) is 11.5. The SMILES string of the molecule is CC(Sc1nc2ccccc2s1)C(=O)NN=Cc1cc2c(cc1Br)OCO2. The fraction of sp³-hybridized carbons (Fsp3) is 0.167. The third-order valence-electron chi connectivity index (χ3n) is 3.79. The summed E-state index contributed by atoms with van der Waals surface area (Å²) >= 11 is 6.45. The van der Waals surface area contributed by atoms with E-state index in [4.69, 9.17) is 9.47 Å². The third-order valence-corrected chi connectivity index (χ3v) is 6.71. The highest BCUT2D eigenvalue weighted by Crippen LogP contribution is 2.36. The van der Waals surface area contributed by atoms with Crippen molar-refractivity contribution in [2.45, 2.75) is 16.5 Å². The predicted molar refractivity (Wildman–Crippen MR) is 111 cm³/mol. The molecule has 9 heteroatoms. The van der Waals surface area contributed by atoms with E-state index in [1.807, 2.05) is 37.3 Å².